The van der Waals surface area contributed by atoms with Gasteiger partial charge >= 0.3 is 0 Å². The molecule has 2 aromatic carbocycles. The molecule has 166 valence electrons. The zero-order chi connectivity index (χ0) is 22.9. The lowest BCUT2D eigenvalue weighted by molar-refractivity contribution is 0.102. The van der Waals surface area contributed by atoms with E-state index in [9.17, 15) is 9.90 Å². The summed E-state index contributed by atoms with van der Waals surface area (Å²) in [4.78, 5) is 19.3. The summed E-state index contributed by atoms with van der Waals surface area (Å²) in [6.07, 6.45) is 4.54. The number of phenols is 1. The number of fused-ring (bicyclic) bond motifs is 1. The molecule has 0 spiro atoms. The summed E-state index contributed by atoms with van der Waals surface area (Å²) >= 11 is 5.03. The van der Waals surface area contributed by atoms with E-state index in [-0.39, 0.29) is 17.1 Å². The SMILES string of the molecule is CC(C)(C)[C@@H]1CCc2c(sc(N=Cc3cc(Br)ccc3O)c2C(=O)Nc2ccccc2)C1. The fourth-order valence-corrected chi connectivity index (χ4v) is 5.76. The van der Waals surface area contributed by atoms with Crippen LogP contribution < -0.4 is 5.32 Å². The van der Waals surface area contributed by atoms with E-state index in [2.05, 4.69) is 47.0 Å². The zero-order valence-corrected chi connectivity index (χ0v) is 20.9. The Labute approximate surface area is 201 Å². The first-order valence-corrected chi connectivity index (χ1v) is 12.4. The zero-order valence-electron chi connectivity index (χ0n) is 18.5. The molecule has 0 saturated heterocycles. The maximum absolute atomic E-state index is 13.3. The molecule has 1 aliphatic carbocycles. The number of benzene rings is 2. The third-order valence-electron chi connectivity index (χ3n) is 6.04. The number of aromatic hydroxyl groups is 1. The second-order valence-corrected chi connectivity index (χ2v) is 11.3. The Morgan fingerprint density at radius 2 is 1.97 bits per heavy atom. The maximum atomic E-state index is 13.3. The molecule has 1 aromatic heterocycles. The van der Waals surface area contributed by atoms with Crippen molar-refractivity contribution in [2.75, 3.05) is 5.32 Å². The van der Waals surface area contributed by atoms with E-state index in [4.69, 9.17) is 0 Å². The van der Waals surface area contributed by atoms with Crippen molar-refractivity contribution < 1.29 is 9.90 Å². The van der Waals surface area contributed by atoms with Gasteiger partial charge in [0.15, 0.2) is 0 Å². The Morgan fingerprint density at radius 1 is 1.22 bits per heavy atom. The van der Waals surface area contributed by atoms with Gasteiger partial charge in [0, 0.05) is 26.8 Å². The lowest BCUT2D eigenvalue weighted by Gasteiger charge is -2.33. The summed E-state index contributed by atoms with van der Waals surface area (Å²) in [7, 11) is 0. The monoisotopic (exact) mass is 510 g/mol. The molecule has 0 aliphatic heterocycles. The van der Waals surface area contributed by atoms with Crippen molar-refractivity contribution in [1.29, 1.82) is 0 Å². The minimum absolute atomic E-state index is 0.131. The van der Waals surface area contributed by atoms with Gasteiger partial charge in [0.2, 0.25) is 0 Å². The standard InChI is InChI=1S/C26H27BrN2O2S/c1-26(2,3)17-9-11-20-22(14-17)32-25(28-15-16-13-18(27)10-12-21(16)30)23(20)24(31)29-19-7-5-4-6-8-19/h4-8,10,12-13,15,17,30H,9,11,14H2,1-3H3,(H,29,31)/t17-/m1/s1. The van der Waals surface area contributed by atoms with Crippen LogP contribution in [0.2, 0.25) is 0 Å². The second kappa shape index (κ2) is 9.20. The number of carbonyl (C=O) groups is 1. The quantitative estimate of drug-likeness (QED) is 0.359. The Bertz CT molecular complexity index is 1160. The fourth-order valence-electron chi connectivity index (χ4n) is 4.11. The van der Waals surface area contributed by atoms with Gasteiger partial charge in [-0.2, -0.15) is 0 Å². The molecule has 4 nitrogen and oxygen atoms in total. The van der Waals surface area contributed by atoms with Crippen LogP contribution in [0.5, 0.6) is 5.75 Å². The van der Waals surface area contributed by atoms with Gasteiger partial charge in [-0.1, -0.05) is 54.9 Å². The summed E-state index contributed by atoms with van der Waals surface area (Å²) in [5.41, 5.74) is 3.37. The predicted octanol–water partition coefficient (Wildman–Crippen LogP) is 7.37. The maximum Gasteiger partial charge on any atom is 0.259 e. The van der Waals surface area contributed by atoms with Gasteiger partial charge in [0.25, 0.3) is 5.91 Å². The third kappa shape index (κ3) is 4.97. The van der Waals surface area contributed by atoms with Crippen molar-refractivity contribution in [3.05, 3.63) is 74.6 Å². The third-order valence-corrected chi connectivity index (χ3v) is 7.70. The van der Waals surface area contributed by atoms with E-state index in [1.807, 2.05) is 36.4 Å². The lowest BCUT2D eigenvalue weighted by atomic mass is 9.72. The molecule has 1 amide bonds. The summed E-state index contributed by atoms with van der Waals surface area (Å²) in [5, 5.41) is 13.9. The molecule has 1 aliphatic rings. The van der Waals surface area contributed by atoms with E-state index in [0.717, 1.165) is 35.0 Å². The molecule has 1 atom stereocenters. The number of amides is 1. The number of hydrogen-bond donors (Lipinski definition) is 2. The van der Waals surface area contributed by atoms with Crippen molar-refractivity contribution in [3.8, 4) is 5.75 Å². The topological polar surface area (TPSA) is 61.7 Å². The van der Waals surface area contributed by atoms with Crippen LogP contribution in [-0.4, -0.2) is 17.2 Å². The number of hydrogen-bond acceptors (Lipinski definition) is 4. The summed E-state index contributed by atoms with van der Waals surface area (Å²) in [5.74, 6) is 0.597. The van der Waals surface area contributed by atoms with Crippen LogP contribution in [0.15, 0.2) is 58.0 Å². The van der Waals surface area contributed by atoms with Gasteiger partial charge in [0.1, 0.15) is 10.8 Å². The molecule has 32 heavy (non-hydrogen) atoms. The first-order chi connectivity index (χ1) is 15.2. The largest absolute Gasteiger partial charge is 0.507 e. The molecular weight excluding hydrogens is 484 g/mol. The first kappa shape index (κ1) is 22.7. The summed E-state index contributed by atoms with van der Waals surface area (Å²) < 4.78 is 0.859. The molecule has 0 unspecified atom stereocenters. The highest BCUT2D eigenvalue weighted by Gasteiger charge is 2.33. The van der Waals surface area contributed by atoms with Crippen LogP contribution >= 0.6 is 27.3 Å². The van der Waals surface area contributed by atoms with Crippen LogP contribution in [0.3, 0.4) is 0 Å². The number of nitrogens with zero attached hydrogens (tertiary/aromatic N) is 1. The Morgan fingerprint density at radius 3 is 2.69 bits per heavy atom. The number of nitrogens with one attached hydrogen (secondary N) is 1. The van der Waals surface area contributed by atoms with Crippen LogP contribution in [0.1, 0.15) is 53.6 Å². The van der Waals surface area contributed by atoms with Gasteiger partial charge in [-0.05, 0) is 66.5 Å². The molecule has 4 rings (SSSR count). The van der Waals surface area contributed by atoms with Crippen molar-refractivity contribution in [2.24, 2.45) is 16.3 Å². The van der Waals surface area contributed by atoms with Gasteiger partial charge in [-0.15, -0.1) is 11.3 Å². The van der Waals surface area contributed by atoms with Crippen LogP contribution in [-0.2, 0) is 12.8 Å². The van der Waals surface area contributed by atoms with E-state index >= 15 is 0 Å². The molecule has 0 fully saturated rings. The van der Waals surface area contributed by atoms with Gasteiger partial charge < -0.3 is 10.4 Å². The van der Waals surface area contributed by atoms with Crippen molar-refractivity contribution in [3.63, 3.8) is 0 Å². The first-order valence-electron chi connectivity index (χ1n) is 10.8. The van der Waals surface area contributed by atoms with Gasteiger partial charge in [-0.25, -0.2) is 4.99 Å². The molecule has 2 N–H and O–H groups in total. The number of aliphatic imine (C=N–C) groups is 1. The average Bonchev–Trinajstić information content (AvgIpc) is 3.12. The van der Waals surface area contributed by atoms with Crippen LogP contribution in [0.25, 0.3) is 0 Å². The van der Waals surface area contributed by atoms with E-state index in [1.54, 1.807) is 29.7 Å². The van der Waals surface area contributed by atoms with E-state index in [0.29, 0.717) is 22.0 Å². The number of carbonyl (C=O) groups excluding carboxylic acids is 1. The molecule has 0 radical (unpaired) electrons. The smallest absolute Gasteiger partial charge is 0.259 e. The highest BCUT2D eigenvalue weighted by molar-refractivity contribution is 9.10. The number of anilines is 1. The second-order valence-electron chi connectivity index (χ2n) is 9.27. The minimum Gasteiger partial charge on any atom is -0.507 e. The summed E-state index contributed by atoms with van der Waals surface area (Å²) in [6.45, 7) is 6.86. The van der Waals surface area contributed by atoms with Crippen molar-refractivity contribution in [1.82, 2.24) is 0 Å². The lowest BCUT2D eigenvalue weighted by Crippen LogP contribution is -2.27. The van der Waals surface area contributed by atoms with Crippen LogP contribution in [0.4, 0.5) is 10.7 Å². The molecule has 1 heterocycles. The minimum atomic E-state index is -0.131. The average molecular weight is 511 g/mol. The normalized spacial score (nSPS) is 16.2. The fraction of sp³-hybridized carbons (Fsp3) is 0.308. The Hall–Kier alpha value is -2.44. The number of halogens is 1. The predicted molar refractivity (Wildman–Crippen MR) is 137 cm³/mol. The van der Waals surface area contributed by atoms with Gasteiger partial charge in [0.05, 0.1) is 5.56 Å². The summed E-state index contributed by atoms with van der Waals surface area (Å²) in [6, 6.07) is 14.7. The molecular formula is C26H27BrN2O2S. The number of thiophene rings is 1. The Kier molecular flexibility index (Phi) is 6.54. The van der Waals surface area contributed by atoms with E-state index in [1.165, 1.54) is 4.88 Å². The van der Waals surface area contributed by atoms with Crippen molar-refractivity contribution in [2.45, 2.75) is 40.0 Å². The highest BCUT2D eigenvalue weighted by Crippen LogP contribution is 2.45. The number of para-hydroxylation sites is 1. The molecule has 0 bridgehead atoms. The Balaban J connectivity index is 1.73. The molecule has 6 heteroatoms. The van der Waals surface area contributed by atoms with Crippen LogP contribution in [0, 0.1) is 11.3 Å². The number of rotatable bonds is 4. The molecule has 3 aromatic rings. The highest BCUT2D eigenvalue weighted by atomic mass is 79.9. The van der Waals surface area contributed by atoms with Crippen molar-refractivity contribution >= 4 is 50.1 Å². The van der Waals surface area contributed by atoms with E-state index < -0.39 is 0 Å². The number of phenolic OH excluding ortho intramolecular Hbond substituents is 1. The molecule has 0 saturated carbocycles. The van der Waals surface area contributed by atoms with Gasteiger partial charge in [-0.3, -0.25) is 4.79 Å².